The summed E-state index contributed by atoms with van der Waals surface area (Å²) in [6, 6.07) is 0. The Bertz CT molecular complexity index is 661. The first kappa shape index (κ1) is 57.8. The van der Waals surface area contributed by atoms with Crippen LogP contribution in [0.4, 0.5) is 0 Å². The van der Waals surface area contributed by atoms with E-state index in [0.29, 0.717) is 25.3 Å². The molecule has 0 aromatic carbocycles. The lowest BCUT2D eigenvalue weighted by Gasteiger charge is -2.25. The molecule has 1 aliphatic rings. The Morgan fingerprint density at radius 2 is 1.30 bits per heavy atom. The Kier molecular flexibility index (Phi) is 51.4. The van der Waals surface area contributed by atoms with Crippen LogP contribution in [0, 0.1) is 29.6 Å². The number of carbonyl (C=O) groups is 4. The first-order valence-corrected chi connectivity index (χ1v) is 16.7. The minimum Gasteiger partial charge on any atom is -0.370 e. The second kappa shape index (κ2) is 39.2. The third kappa shape index (κ3) is 47.1. The van der Waals surface area contributed by atoms with Crippen LogP contribution in [0.15, 0.2) is 13.2 Å². The average molecular weight is 632 g/mol. The van der Waals surface area contributed by atoms with Crippen LogP contribution >= 0.6 is 0 Å². The molecule has 6 N–H and O–H groups in total. The molecule has 1 rings (SSSR count). The maximum absolute atomic E-state index is 11.4. The van der Waals surface area contributed by atoms with Gasteiger partial charge in [0.2, 0.25) is 11.7 Å². The maximum Gasteiger partial charge on any atom is 0.217 e. The zero-order valence-electron chi connectivity index (χ0n) is 31.2. The third-order valence-corrected chi connectivity index (χ3v) is 6.88. The van der Waals surface area contributed by atoms with E-state index in [1.807, 2.05) is 62.3 Å². The number of carbonyl (C=O) groups excluding carboxylic acids is 4. The van der Waals surface area contributed by atoms with Gasteiger partial charge in [-0.3, -0.25) is 19.2 Å². The van der Waals surface area contributed by atoms with E-state index >= 15 is 0 Å². The van der Waals surface area contributed by atoms with Gasteiger partial charge in [-0.05, 0) is 57.4 Å². The van der Waals surface area contributed by atoms with Crippen LogP contribution in [0.5, 0.6) is 0 Å². The molecule has 0 aliphatic heterocycles. The number of hydrogen-bond donors (Lipinski definition) is 3. The smallest absolute Gasteiger partial charge is 0.217 e. The fourth-order valence-electron chi connectivity index (χ4n) is 3.04. The molecule has 1 aliphatic carbocycles. The van der Waals surface area contributed by atoms with Crippen LogP contribution < -0.4 is 17.2 Å². The van der Waals surface area contributed by atoms with Crippen molar-refractivity contribution in [2.24, 2.45) is 46.8 Å². The van der Waals surface area contributed by atoms with Gasteiger partial charge in [-0.15, -0.1) is 13.2 Å². The molecule has 1 saturated carbocycles. The summed E-state index contributed by atoms with van der Waals surface area (Å²) in [4.78, 5) is 43.4. The summed E-state index contributed by atoms with van der Waals surface area (Å²) >= 11 is 0. The van der Waals surface area contributed by atoms with Crippen molar-refractivity contribution >= 4 is 23.3 Å². The van der Waals surface area contributed by atoms with Gasteiger partial charge in [0.15, 0.2) is 5.78 Å². The summed E-state index contributed by atoms with van der Waals surface area (Å²) in [7, 11) is 0. The van der Waals surface area contributed by atoms with Gasteiger partial charge in [0.05, 0.1) is 0 Å². The fraction of sp³-hybridized carbons (Fsp3) is 0.838. The molecular formula is C37H81N3O4. The minimum atomic E-state index is -0.348. The Balaban J connectivity index is -0.0000000800. The number of primary amides is 1. The summed E-state index contributed by atoms with van der Waals surface area (Å²) in [5, 5.41) is 0. The van der Waals surface area contributed by atoms with Crippen LogP contribution in [0.2, 0.25) is 0 Å². The summed E-state index contributed by atoms with van der Waals surface area (Å²) in [5.74, 6) is 1.14. The SMILES string of the molecule is C.C=C.CC.CC1CC1.CCC.CCC(C)(N)CC(C)C(C)=O.CCC(C)C(CCN)C(=O)C(C)=O.CCC(C)CC(N)=O. The Hall–Kier alpha value is -1.86. The Morgan fingerprint density at radius 3 is 1.48 bits per heavy atom. The largest absolute Gasteiger partial charge is 0.370 e. The van der Waals surface area contributed by atoms with Gasteiger partial charge in [0.1, 0.15) is 5.78 Å². The zero-order valence-corrected chi connectivity index (χ0v) is 31.2. The minimum absolute atomic E-state index is 0. The molecule has 5 atom stereocenters. The van der Waals surface area contributed by atoms with Crippen LogP contribution in [0.25, 0.3) is 0 Å². The number of nitrogens with two attached hydrogens (primary N) is 3. The molecule has 7 heteroatoms. The quantitative estimate of drug-likeness (QED) is 0.136. The summed E-state index contributed by atoms with van der Waals surface area (Å²) in [6.45, 7) is 34.0. The van der Waals surface area contributed by atoms with E-state index in [0.717, 1.165) is 31.6 Å². The van der Waals surface area contributed by atoms with E-state index in [4.69, 9.17) is 17.2 Å². The molecule has 268 valence electrons. The predicted octanol–water partition coefficient (Wildman–Crippen LogP) is 9.09. The monoisotopic (exact) mass is 632 g/mol. The highest BCUT2D eigenvalue weighted by Gasteiger charge is 2.25. The van der Waals surface area contributed by atoms with E-state index in [1.165, 1.54) is 26.2 Å². The fourth-order valence-corrected chi connectivity index (χ4v) is 3.04. The van der Waals surface area contributed by atoms with Crippen LogP contribution in [-0.2, 0) is 19.2 Å². The molecule has 44 heavy (non-hydrogen) atoms. The van der Waals surface area contributed by atoms with Crippen LogP contribution in [0.1, 0.15) is 162 Å². The molecule has 1 amide bonds. The van der Waals surface area contributed by atoms with Gasteiger partial charge >= 0.3 is 0 Å². The molecule has 5 unspecified atom stereocenters. The highest BCUT2D eigenvalue weighted by molar-refractivity contribution is 6.37. The van der Waals surface area contributed by atoms with Crippen molar-refractivity contribution in [2.75, 3.05) is 6.54 Å². The lowest BCUT2D eigenvalue weighted by molar-refractivity contribution is -0.138. The van der Waals surface area contributed by atoms with Gasteiger partial charge in [0, 0.05) is 30.7 Å². The van der Waals surface area contributed by atoms with Gasteiger partial charge in [0.25, 0.3) is 0 Å². The van der Waals surface area contributed by atoms with Crippen LogP contribution in [-0.4, -0.2) is 35.3 Å². The van der Waals surface area contributed by atoms with Gasteiger partial charge in [-0.2, -0.15) is 0 Å². The first-order chi connectivity index (χ1) is 19.9. The van der Waals surface area contributed by atoms with E-state index in [9.17, 15) is 19.2 Å². The van der Waals surface area contributed by atoms with Gasteiger partial charge in [-0.25, -0.2) is 0 Å². The van der Waals surface area contributed by atoms with E-state index in [1.54, 1.807) is 6.92 Å². The van der Waals surface area contributed by atoms with E-state index < -0.39 is 0 Å². The molecule has 1 fully saturated rings. The number of amides is 1. The van der Waals surface area contributed by atoms with Crippen molar-refractivity contribution in [2.45, 2.75) is 168 Å². The highest BCUT2D eigenvalue weighted by Crippen LogP contribution is 2.26. The van der Waals surface area contributed by atoms with Crippen molar-refractivity contribution in [3.63, 3.8) is 0 Å². The molecule has 0 aromatic heterocycles. The molecule has 0 heterocycles. The molecule has 0 aromatic rings. The van der Waals surface area contributed by atoms with E-state index in [-0.39, 0.29) is 54.0 Å². The van der Waals surface area contributed by atoms with Crippen LogP contribution in [0.3, 0.4) is 0 Å². The molecule has 0 saturated heterocycles. The molecule has 0 bridgehead atoms. The average Bonchev–Trinajstić information content (AvgIpc) is 3.75. The number of Topliss-reactive ketones (excluding diaryl/α,β-unsaturated/α-hetero) is 3. The number of ketones is 3. The highest BCUT2D eigenvalue weighted by atomic mass is 16.2. The lowest BCUT2D eigenvalue weighted by Crippen LogP contribution is -2.38. The second-order valence-electron chi connectivity index (χ2n) is 11.8. The Labute approximate surface area is 276 Å². The number of rotatable bonds is 13. The van der Waals surface area contributed by atoms with Crippen molar-refractivity contribution < 1.29 is 19.2 Å². The van der Waals surface area contributed by atoms with E-state index in [2.05, 4.69) is 33.9 Å². The standard InChI is InChI=1S/C10H19NO2.C9H19NO.C6H13NO.C4H8.C3H8.C2H6.C2H4.CH4/c1-4-7(2)9(5-6-11)10(13)8(3)12;1-5-9(4,10)6-7(2)8(3)11;1-3-5(2)4-6(7)8;1-4-2-3-4;1-3-2;2*1-2;/h7,9H,4-6,11H2,1-3H3;7H,5-6,10H2,1-4H3;5H,3-4H2,1-2H3,(H2,7,8);4H,2-3H2,1H3;3H2,1-2H3;1-2H3;1-2H2;1H4. The lowest BCUT2D eigenvalue weighted by atomic mass is 9.84. The summed E-state index contributed by atoms with van der Waals surface area (Å²) < 4.78 is 0. The molecular weight excluding hydrogens is 550 g/mol. The van der Waals surface area contributed by atoms with Crippen molar-refractivity contribution in [3.05, 3.63) is 13.2 Å². The normalized spacial score (nSPS) is 14.6. The second-order valence-corrected chi connectivity index (χ2v) is 11.8. The molecule has 0 spiro atoms. The summed E-state index contributed by atoms with van der Waals surface area (Å²) in [5.41, 5.74) is 16.1. The van der Waals surface area contributed by atoms with Gasteiger partial charge < -0.3 is 17.2 Å². The first-order valence-electron chi connectivity index (χ1n) is 16.7. The molecule has 7 nitrogen and oxygen atoms in total. The zero-order chi connectivity index (χ0) is 35.8. The van der Waals surface area contributed by atoms with Crippen molar-refractivity contribution in [3.8, 4) is 0 Å². The topological polar surface area (TPSA) is 146 Å². The Morgan fingerprint density at radius 1 is 0.909 bits per heavy atom. The van der Waals surface area contributed by atoms with Gasteiger partial charge in [-0.1, -0.05) is 116 Å². The maximum atomic E-state index is 11.4. The third-order valence-electron chi connectivity index (χ3n) is 6.88. The number of hydrogen-bond acceptors (Lipinski definition) is 6. The predicted molar refractivity (Wildman–Crippen MR) is 197 cm³/mol. The van der Waals surface area contributed by atoms with Crippen molar-refractivity contribution in [1.29, 1.82) is 0 Å². The summed E-state index contributed by atoms with van der Waals surface area (Å²) in [6.07, 6.45) is 9.01. The molecule has 0 radical (unpaired) electrons. The van der Waals surface area contributed by atoms with Crippen molar-refractivity contribution in [1.82, 2.24) is 0 Å².